The molecule has 0 saturated heterocycles. The minimum Gasteiger partial charge on any atom is -0.496 e. The maximum absolute atomic E-state index is 14.3. The van der Waals surface area contributed by atoms with Crippen molar-refractivity contribution >= 4 is 24.3 Å². The van der Waals surface area contributed by atoms with E-state index in [1.165, 1.54) is 28.4 Å². The van der Waals surface area contributed by atoms with Crippen LogP contribution in [-0.2, 0) is 0 Å². The molecule has 0 aliphatic heterocycles. The highest BCUT2D eigenvalue weighted by atomic mass is 31.1. The molecule has 0 fully saturated rings. The van der Waals surface area contributed by atoms with Crippen molar-refractivity contribution in [2.24, 2.45) is 0 Å². The van der Waals surface area contributed by atoms with E-state index >= 15 is 0 Å². The number of hydrogen-bond acceptors (Lipinski definition) is 6. The van der Waals surface area contributed by atoms with E-state index in [1.807, 2.05) is 32.9 Å². The minimum atomic E-state index is -2.07. The Labute approximate surface area is 201 Å². The van der Waals surface area contributed by atoms with Crippen LogP contribution in [0.15, 0.2) is 48.5 Å². The first kappa shape index (κ1) is 25.3. The summed E-state index contributed by atoms with van der Waals surface area (Å²) in [5, 5.41) is 0.705. The third kappa shape index (κ3) is 4.64. The zero-order chi connectivity index (χ0) is 25.0. The van der Waals surface area contributed by atoms with E-state index in [9.17, 15) is 9.59 Å². The Morgan fingerprint density at radius 2 is 0.941 bits per heavy atom. The van der Waals surface area contributed by atoms with Crippen LogP contribution in [0.3, 0.4) is 0 Å². The van der Waals surface area contributed by atoms with Gasteiger partial charge in [0.05, 0.1) is 36.4 Å². The van der Waals surface area contributed by atoms with Crippen LogP contribution >= 0.6 is 7.92 Å². The average Bonchev–Trinajstić information content (AvgIpc) is 2.83. The number of benzene rings is 3. The molecule has 0 bridgehead atoms. The molecule has 0 unspecified atom stereocenters. The molecule has 3 aromatic rings. The topological polar surface area (TPSA) is 71.1 Å². The molecule has 3 rings (SSSR count). The Kier molecular flexibility index (Phi) is 7.95. The number of aryl methyl sites for hydroxylation is 3. The van der Waals surface area contributed by atoms with E-state index in [1.54, 1.807) is 36.4 Å². The minimum absolute atomic E-state index is 0.236. The van der Waals surface area contributed by atoms with Gasteiger partial charge in [-0.25, -0.2) is 0 Å². The number of ether oxygens (including phenoxy) is 4. The van der Waals surface area contributed by atoms with Gasteiger partial charge in [-0.15, -0.1) is 0 Å². The van der Waals surface area contributed by atoms with Crippen molar-refractivity contribution in [3.63, 3.8) is 0 Å². The molecule has 0 N–H and O–H groups in total. The van der Waals surface area contributed by atoms with Crippen LogP contribution in [0.25, 0.3) is 0 Å². The van der Waals surface area contributed by atoms with Gasteiger partial charge >= 0.3 is 0 Å². The summed E-state index contributed by atoms with van der Waals surface area (Å²) >= 11 is 0. The van der Waals surface area contributed by atoms with Crippen LogP contribution in [0.5, 0.6) is 23.0 Å². The van der Waals surface area contributed by atoms with Crippen LogP contribution in [0.2, 0.25) is 0 Å². The second-order valence-corrected chi connectivity index (χ2v) is 9.70. The van der Waals surface area contributed by atoms with Gasteiger partial charge in [0.1, 0.15) is 34.1 Å². The molecule has 3 aromatic carbocycles. The van der Waals surface area contributed by atoms with Crippen molar-refractivity contribution in [2.45, 2.75) is 20.8 Å². The summed E-state index contributed by atoms with van der Waals surface area (Å²) < 4.78 is 22.0. The standard InChI is InChI=1S/C27H29O6P/c1-16-14-17(2)25(18(3)15-16)34(26(28)23-19(30-4)10-8-11-20(23)31-5)27(29)24-21(32-6)12-9-13-22(24)33-7/h8-15H,1-7H3. The lowest BCUT2D eigenvalue weighted by atomic mass is 10.1. The summed E-state index contributed by atoms with van der Waals surface area (Å²) in [7, 11) is 3.88. The zero-order valence-electron chi connectivity index (χ0n) is 20.5. The Hall–Kier alpha value is -3.37. The van der Waals surface area contributed by atoms with Crippen molar-refractivity contribution in [2.75, 3.05) is 28.4 Å². The van der Waals surface area contributed by atoms with Gasteiger partial charge in [0.15, 0.2) is 0 Å². The van der Waals surface area contributed by atoms with E-state index < -0.39 is 7.92 Å². The molecule has 0 saturated carbocycles. The Morgan fingerprint density at radius 3 is 1.24 bits per heavy atom. The van der Waals surface area contributed by atoms with Gasteiger partial charge in [-0.2, -0.15) is 0 Å². The van der Waals surface area contributed by atoms with Gasteiger partial charge in [-0.1, -0.05) is 29.8 Å². The van der Waals surface area contributed by atoms with Gasteiger partial charge in [0.25, 0.3) is 0 Å². The van der Waals surface area contributed by atoms with Gasteiger partial charge in [-0.3, -0.25) is 9.59 Å². The number of hydrogen-bond donors (Lipinski definition) is 0. The first-order chi connectivity index (χ1) is 16.3. The quantitative estimate of drug-likeness (QED) is 0.380. The van der Waals surface area contributed by atoms with E-state index in [2.05, 4.69) is 0 Å². The fraction of sp³-hybridized carbons (Fsp3) is 0.259. The Bertz CT molecular complexity index is 1100. The third-order valence-electron chi connectivity index (χ3n) is 5.55. The Morgan fingerprint density at radius 1 is 0.618 bits per heavy atom. The predicted molar refractivity (Wildman–Crippen MR) is 135 cm³/mol. The highest BCUT2D eigenvalue weighted by Crippen LogP contribution is 2.50. The molecule has 178 valence electrons. The molecule has 0 atom stereocenters. The van der Waals surface area contributed by atoms with E-state index in [0.717, 1.165) is 16.7 Å². The van der Waals surface area contributed by atoms with Crippen LogP contribution in [-0.4, -0.2) is 39.5 Å². The molecule has 6 nitrogen and oxygen atoms in total. The highest BCUT2D eigenvalue weighted by molar-refractivity contribution is 7.96. The van der Waals surface area contributed by atoms with Crippen molar-refractivity contribution < 1.29 is 28.5 Å². The van der Waals surface area contributed by atoms with Gasteiger partial charge in [0.2, 0.25) is 11.0 Å². The van der Waals surface area contributed by atoms with Crippen LogP contribution in [0.4, 0.5) is 0 Å². The van der Waals surface area contributed by atoms with Crippen LogP contribution < -0.4 is 24.3 Å². The molecule has 0 amide bonds. The molecule has 0 aliphatic carbocycles. The Balaban J connectivity index is 2.36. The maximum atomic E-state index is 14.3. The summed E-state index contributed by atoms with van der Waals surface area (Å²) in [6.07, 6.45) is 0. The first-order valence-corrected chi connectivity index (χ1v) is 12.0. The molecule has 34 heavy (non-hydrogen) atoms. The second-order valence-electron chi connectivity index (χ2n) is 7.77. The molecular formula is C27H29O6P. The largest absolute Gasteiger partial charge is 0.496 e. The predicted octanol–water partition coefficient (Wildman–Crippen LogP) is 5.43. The van der Waals surface area contributed by atoms with E-state index in [-0.39, 0.29) is 22.2 Å². The van der Waals surface area contributed by atoms with Crippen molar-refractivity contribution in [1.82, 2.24) is 0 Å². The number of carbonyl (C=O) groups excluding carboxylic acids is 2. The number of rotatable bonds is 9. The maximum Gasteiger partial charge on any atom is 0.204 e. The van der Waals surface area contributed by atoms with Crippen LogP contribution in [0.1, 0.15) is 37.4 Å². The monoisotopic (exact) mass is 480 g/mol. The first-order valence-electron chi connectivity index (χ1n) is 10.7. The zero-order valence-corrected chi connectivity index (χ0v) is 21.4. The number of methoxy groups -OCH3 is 4. The van der Waals surface area contributed by atoms with Crippen molar-refractivity contribution in [1.29, 1.82) is 0 Å². The second kappa shape index (κ2) is 10.7. The lowest BCUT2D eigenvalue weighted by molar-refractivity contribution is 0.104. The van der Waals surface area contributed by atoms with Gasteiger partial charge < -0.3 is 18.9 Å². The normalized spacial score (nSPS) is 10.7. The molecule has 0 spiro atoms. The van der Waals surface area contributed by atoms with Crippen LogP contribution in [0, 0.1) is 20.8 Å². The summed E-state index contributed by atoms with van der Waals surface area (Å²) in [5.74, 6) is 1.39. The molecule has 0 aliphatic rings. The summed E-state index contributed by atoms with van der Waals surface area (Å²) in [4.78, 5) is 28.5. The van der Waals surface area contributed by atoms with Gasteiger partial charge in [-0.05, 0) is 61.5 Å². The summed E-state index contributed by atoms with van der Waals surface area (Å²) in [5.41, 5.74) is 2.54. The fourth-order valence-corrected chi connectivity index (χ4v) is 6.48. The molecule has 7 heteroatoms. The molecular weight excluding hydrogens is 451 g/mol. The van der Waals surface area contributed by atoms with Gasteiger partial charge in [0, 0.05) is 0 Å². The smallest absolute Gasteiger partial charge is 0.204 e. The highest BCUT2D eigenvalue weighted by Gasteiger charge is 2.38. The fourth-order valence-electron chi connectivity index (χ4n) is 4.17. The summed E-state index contributed by atoms with van der Waals surface area (Å²) in [6.45, 7) is 5.83. The molecule has 0 heterocycles. The van der Waals surface area contributed by atoms with E-state index in [0.29, 0.717) is 28.3 Å². The van der Waals surface area contributed by atoms with Crippen molar-refractivity contribution in [3.05, 3.63) is 76.3 Å². The lowest BCUT2D eigenvalue weighted by Gasteiger charge is -2.23. The molecule has 0 aromatic heterocycles. The SMILES string of the molecule is COc1cccc(OC)c1C(=O)P(C(=O)c1c(OC)cccc1OC)c1c(C)cc(C)cc1C. The lowest BCUT2D eigenvalue weighted by Crippen LogP contribution is -2.22. The average molecular weight is 480 g/mol. The number of carbonyl (C=O) groups is 2. The third-order valence-corrected chi connectivity index (χ3v) is 7.96. The molecule has 0 radical (unpaired) electrons. The summed E-state index contributed by atoms with van der Waals surface area (Å²) in [6, 6.07) is 14.2. The van der Waals surface area contributed by atoms with E-state index in [4.69, 9.17) is 18.9 Å². The van der Waals surface area contributed by atoms with Crippen molar-refractivity contribution in [3.8, 4) is 23.0 Å².